The summed E-state index contributed by atoms with van der Waals surface area (Å²) in [5.41, 5.74) is 9.61. The van der Waals surface area contributed by atoms with Crippen molar-refractivity contribution in [2.24, 2.45) is 0 Å². The van der Waals surface area contributed by atoms with Gasteiger partial charge in [0, 0.05) is 22.7 Å². The molecule has 0 saturated heterocycles. The number of pyridine rings is 1. The molecule has 0 fully saturated rings. The van der Waals surface area contributed by atoms with Crippen molar-refractivity contribution in [1.29, 1.82) is 0 Å². The van der Waals surface area contributed by atoms with Gasteiger partial charge in [-0.1, -0.05) is 54.6 Å². The van der Waals surface area contributed by atoms with Gasteiger partial charge >= 0.3 is 0 Å². The van der Waals surface area contributed by atoms with Crippen molar-refractivity contribution in [2.75, 3.05) is 0 Å². The summed E-state index contributed by atoms with van der Waals surface area (Å²) >= 11 is 0. The molecule has 1 N–H and O–H groups in total. The van der Waals surface area contributed by atoms with Crippen LogP contribution in [0.4, 0.5) is 0 Å². The number of oxazole rings is 1. The minimum absolute atomic E-state index is 0.145. The van der Waals surface area contributed by atoms with Gasteiger partial charge in [-0.05, 0) is 66.4 Å². The third-order valence-corrected chi connectivity index (χ3v) is 6.24. The molecule has 6 rings (SSSR count). The Labute approximate surface area is 197 Å². The Balaban J connectivity index is 1.51. The van der Waals surface area contributed by atoms with Gasteiger partial charge in [0.1, 0.15) is 11.3 Å². The monoisotopic (exact) mass is 442 g/mol. The Morgan fingerprint density at radius 1 is 0.706 bits per heavy atom. The zero-order valence-electron chi connectivity index (χ0n) is 18.9. The summed E-state index contributed by atoms with van der Waals surface area (Å²) in [5.74, 6) is 0.549. The molecule has 0 amide bonds. The van der Waals surface area contributed by atoms with Crippen LogP contribution in [-0.4, -0.2) is 15.1 Å². The van der Waals surface area contributed by atoms with E-state index in [0.29, 0.717) is 17.0 Å². The van der Waals surface area contributed by atoms with Crippen molar-refractivity contribution in [1.82, 2.24) is 9.97 Å². The normalized spacial score (nSPS) is 11.4. The number of phenolic OH excluding ortho intramolecular Hbond substituents is 1. The van der Waals surface area contributed by atoms with E-state index in [-0.39, 0.29) is 5.75 Å². The summed E-state index contributed by atoms with van der Waals surface area (Å²) < 4.78 is 6.01. The number of hydrogen-bond acceptors (Lipinski definition) is 4. The maximum atomic E-state index is 10.3. The summed E-state index contributed by atoms with van der Waals surface area (Å²) in [5, 5.41) is 11.4. The molecule has 34 heavy (non-hydrogen) atoms. The highest BCUT2D eigenvalue weighted by atomic mass is 16.3. The van der Waals surface area contributed by atoms with Gasteiger partial charge in [0.05, 0.1) is 11.1 Å². The third-order valence-electron chi connectivity index (χ3n) is 6.24. The molecule has 6 aromatic rings. The van der Waals surface area contributed by atoms with E-state index < -0.39 is 0 Å². The first kappa shape index (κ1) is 20.2. The number of para-hydroxylation sites is 2. The van der Waals surface area contributed by atoms with Crippen LogP contribution in [0, 0.1) is 13.8 Å². The molecule has 0 unspecified atom stereocenters. The average Bonchev–Trinajstić information content (AvgIpc) is 3.29. The Hall–Kier alpha value is -4.44. The van der Waals surface area contributed by atoms with Crippen LogP contribution in [0.15, 0.2) is 95.5 Å². The fraction of sp³-hybridized carbons (Fsp3) is 0.0667. The lowest BCUT2D eigenvalue weighted by Gasteiger charge is -2.11. The van der Waals surface area contributed by atoms with E-state index in [9.17, 15) is 5.11 Å². The van der Waals surface area contributed by atoms with Crippen molar-refractivity contribution in [3.8, 4) is 39.5 Å². The molecule has 4 nitrogen and oxygen atoms in total. The summed E-state index contributed by atoms with van der Waals surface area (Å²) in [6, 6.07) is 27.9. The molecule has 2 heterocycles. The van der Waals surface area contributed by atoms with Crippen molar-refractivity contribution >= 4 is 22.0 Å². The molecule has 0 aliphatic heterocycles. The highest BCUT2D eigenvalue weighted by Crippen LogP contribution is 2.37. The average molecular weight is 443 g/mol. The Bertz CT molecular complexity index is 1700. The van der Waals surface area contributed by atoms with Gasteiger partial charge in [0.25, 0.3) is 0 Å². The van der Waals surface area contributed by atoms with Crippen LogP contribution in [-0.2, 0) is 0 Å². The fourth-order valence-corrected chi connectivity index (χ4v) is 4.50. The fourth-order valence-electron chi connectivity index (χ4n) is 4.50. The van der Waals surface area contributed by atoms with Gasteiger partial charge < -0.3 is 9.52 Å². The van der Waals surface area contributed by atoms with Crippen molar-refractivity contribution in [2.45, 2.75) is 13.8 Å². The first-order chi connectivity index (χ1) is 16.6. The number of nitrogens with zero attached hydrogens (tertiary/aromatic N) is 2. The van der Waals surface area contributed by atoms with Crippen LogP contribution in [0.1, 0.15) is 11.1 Å². The van der Waals surface area contributed by atoms with Gasteiger partial charge in [-0.15, -0.1) is 0 Å². The number of aromatic hydroxyl groups is 1. The standard InChI is InChI=1S/C30H22N2O2/c1-18-15-25-19(2)13-14-23(28(25)31-17-18)21-8-5-7-20(16-21)22-10-6-12-27-29(22)32-30(34-27)24-9-3-4-11-26(24)33/h3-17,33H,1-2H3. The number of rotatable bonds is 3. The molecule has 0 aliphatic rings. The van der Waals surface area contributed by atoms with Gasteiger partial charge in [0.15, 0.2) is 5.58 Å². The van der Waals surface area contributed by atoms with E-state index in [2.05, 4.69) is 56.3 Å². The van der Waals surface area contributed by atoms with Crippen LogP contribution in [0.5, 0.6) is 5.75 Å². The van der Waals surface area contributed by atoms with Gasteiger partial charge in [-0.25, -0.2) is 4.98 Å². The Kier molecular flexibility index (Phi) is 4.66. The zero-order chi connectivity index (χ0) is 23.2. The second-order valence-corrected chi connectivity index (χ2v) is 8.61. The number of fused-ring (bicyclic) bond motifs is 2. The molecule has 164 valence electrons. The lowest BCUT2D eigenvalue weighted by Crippen LogP contribution is -1.90. The second-order valence-electron chi connectivity index (χ2n) is 8.61. The lowest BCUT2D eigenvalue weighted by atomic mass is 9.95. The molecule has 2 aromatic heterocycles. The lowest BCUT2D eigenvalue weighted by molar-refractivity contribution is 0.474. The quantitative estimate of drug-likeness (QED) is 0.305. The zero-order valence-corrected chi connectivity index (χ0v) is 18.9. The first-order valence-corrected chi connectivity index (χ1v) is 11.2. The summed E-state index contributed by atoms with van der Waals surface area (Å²) in [7, 11) is 0. The van der Waals surface area contributed by atoms with Gasteiger partial charge in [-0.2, -0.15) is 0 Å². The molecule has 0 aliphatic carbocycles. The molecular weight excluding hydrogens is 420 g/mol. The predicted octanol–water partition coefficient (Wildman–Crippen LogP) is 7.70. The van der Waals surface area contributed by atoms with E-state index >= 15 is 0 Å². The predicted molar refractivity (Wildman–Crippen MR) is 137 cm³/mol. The molecule has 0 spiro atoms. The van der Waals surface area contributed by atoms with E-state index in [4.69, 9.17) is 14.4 Å². The Morgan fingerprint density at radius 2 is 1.44 bits per heavy atom. The second kappa shape index (κ2) is 7.85. The molecule has 0 bridgehead atoms. The summed E-state index contributed by atoms with van der Waals surface area (Å²) in [6.07, 6.45) is 1.92. The number of aromatic nitrogens is 2. The molecular formula is C30H22N2O2. The van der Waals surface area contributed by atoms with Crippen LogP contribution in [0.25, 0.3) is 55.7 Å². The maximum Gasteiger partial charge on any atom is 0.231 e. The largest absolute Gasteiger partial charge is 0.507 e. The topological polar surface area (TPSA) is 59.2 Å². The van der Waals surface area contributed by atoms with Gasteiger partial charge in [-0.3, -0.25) is 4.98 Å². The highest BCUT2D eigenvalue weighted by Gasteiger charge is 2.16. The van der Waals surface area contributed by atoms with Crippen LogP contribution in [0.3, 0.4) is 0 Å². The minimum Gasteiger partial charge on any atom is -0.507 e. The molecule has 4 heteroatoms. The third kappa shape index (κ3) is 3.32. The number of benzene rings is 4. The molecule has 0 saturated carbocycles. The van der Waals surface area contributed by atoms with Crippen molar-refractivity contribution < 1.29 is 9.52 Å². The van der Waals surface area contributed by atoms with Crippen LogP contribution >= 0.6 is 0 Å². The Morgan fingerprint density at radius 3 is 2.26 bits per heavy atom. The van der Waals surface area contributed by atoms with Crippen LogP contribution in [0.2, 0.25) is 0 Å². The minimum atomic E-state index is 0.145. The SMILES string of the molecule is Cc1cnc2c(-c3cccc(-c4cccc5oc(-c6ccccc6O)nc45)c3)ccc(C)c2c1. The van der Waals surface area contributed by atoms with E-state index in [1.54, 1.807) is 18.2 Å². The van der Waals surface area contributed by atoms with Crippen molar-refractivity contribution in [3.05, 3.63) is 102 Å². The number of aryl methyl sites for hydroxylation is 2. The summed E-state index contributed by atoms with van der Waals surface area (Å²) in [6.45, 7) is 4.19. The van der Waals surface area contributed by atoms with Crippen LogP contribution < -0.4 is 0 Å². The number of hydrogen-bond donors (Lipinski definition) is 1. The highest BCUT2D eigenvalue weighted by molar-refractivity contribution is 5.98. The van der Waals surface area contributed by atoms with E-state index in [0.717, 1.165) is 38.9 Å². The summed E-state index contributed by atoms with van der Waals surface area (Å²) in [4.78, 5) is 9.52. The first-order valence-electron chi connectivity index (χ1n) is 11.2. The molecule has 0 radical (unpaired) electrons. The van der Waals surface area contributed by atoms with Crippen molar-refractivity contribution in [3.63, 3.8) is 0 Å². The van der Waals surface area contributed by atoms with E-state index in [1.807, 2.05) is 30.5 Å². The molecule has 4 aromatic carbocycles. The van der Waals surface area contributed by atoms with E-state index in [1.165, 1.54) is 10.9 Å². The maximum absolute atomic E-state index is 10.3. The number of phenols is 1. The van der Waals surface area contributed by atoms with Gasteiger partial charge in [0.2, 0.25) is 5.89 Å². The smallest absolute Gasteiger partial charge is 0.231 e. The molecule has 0 atom stereocenters.